The minimum Gasteiger partial charge on any atom is -0.316 e. The fourth-order valence-corrected chi connectivity index (χ4v) is 4.75. The van der Waals surface area contributed by atoms with E-state index >= 15 is 0 Å². The van der Waals surface area contributed by atoms with E-state index in [0.717, 1.165) is 54.3 Å². The van der Waals surface area contributed by atoms with Crippen LogP contribution in [0.15, 0.2) is 71.8 Å². The van der Waals surface area contributed by atoms with Gasteiger partial charge in [-0.25, -0.2) is 0 Å². The Bertz CT molecular complexity index is 1050. The number of pyridine rings is 1. The van der Waals surface area contributed by atoms with Crippen LogP contribution in [0.25, 0.3) is 11.4 Å². The highest BCUT2D eigenvalue weighted by Gasteiger charge is 2.21. The molecule has 0 fully saturated rings. The second-order valence-corrected chi connectivity index (χ2v) is 8.84. The highest BCUT2D eigenvalue weighted by atomic mass is 32.2. The van der Waals surface area contributed by atoms with E-state index in [1.54, 1.807) is 12.4 Å². The lowest BCUT2D eigenvalue weighted by Gasteiger charge is -2.27. The molecule has 0 saturated carbocycles. The zero-order valence-corrected chi connectivity index (χ0v) is 19.3. The van der Waals surface area contributed by atoms with E-state index in [-0.39, 0.29) is 5.91 Å². The van der Waals surface area contributed by atoms with E-state index < -0.39 is 0 Å². The maximum absolute atomic E-state index is 13.1. The molecule has 2 aromatic heterocycles. The molecule has 32 heavy (non-hydrogen) atoms. The molecule has 0 atom stereocenters. The van der Waals surface area contributed by atoms with Crippen molar-refractivity contribution in [2.24, 2.45) is 0 Å². The van der Waals surface area contributed by atoms with E-state index in [0.29, 0.717) is 12.3 Å². The van der Waals surface area contributed by atoms with Crippen molar-refractivity contribution in [2.75, 3.05) is 12.3 Å². The van der Waals surface area contributed by atoms with Gasteiger partial charge in [-0.1, -0.05) is 55.1 Å². The number of thioether (sulfide) groups is 1. The first-order chi connectivity index (χ1) is 15.8. The first-order valence-corrected chi connectivity index (χ1v) is 12.2. The van der Waals surface area contributed by atoms with Crippen LogP contribution < -0.4 is 0 Å². The maximum atomic E-state index is 13.1. The molecule has 6 nitrogen and oxygen atoms in total. The molecule has 0 saturated heterocycles. The zero-order valence-electron chi connectivity index (χ0n) is 18.5. The summed E-state index contributed by atoms with van der Waals surface area (Å²) < 4.78 is 2.08. The Hall–Kier alpha value is -2.93. The van der Waals surface area contributed by atoms with Crippen molar-refractivity contribution in [3.63, 3.8) is 0 Å². The summed E-state index contributed by atoms with van der Waals surface area (Å²) in [4.78, 5) is 19.4. The Morgan fingerprint density at radius 2 is 2.00 bits per heavy atom. The number of nitrogens with zero attached hydrogens (tertiary/aromatic N) is 5. The van der Waals surface area contributed by atoms with Crippen LogP contribution in [-0.4, -0.2) is 42.9 Å². The number of carbonyl (C=O) groups is 1. The third kappa shape index (κ3) is 5.46. The Labute approximate surface area is 193 Å². The van der Waals surface area contributed by atoms with Crippen molar-refractivity contribution in [3.8, 4) is 11.4 Å². The number of rotatable bonds is 9. The third-order valence-corrected chi connectivity index (χ3v) is 6.46. The van der Waals surface area contributed by atoms with Gasteiger partial charge in [0.15, 0.2) is 11.0 Å². The Morgan fingerprint density at radius 3 is 2.72 bits per heavy atom. The smallest absolute Gasteiger partial charge is 0.237 e. The standard InChI is InChI=1S/C25H29N5OS/c1-2-16-29(22-13-7-4-8-14-22)23(31)19-32-25-28-27-24(21-12-9-15-26-17-21)30(25)18-20-10-5-3-6-11-20/h3,5-6,9-13,15,17H,2,4,7-8,14,16,18-19H2,1H3. The van der Waals surface area contributed by atoms with Crippen molar-refractivity contribution in [1.82, 2.24) is 24.6 Å². The molecule has 166 valence electrons. The number of amides is 1. The summed E-state index contributed by atoms with van der Waals surface area (Å²) in [6.45, 7) is 3.52. The molecule has 1 aliphatic carbocycles. The number of allylic oxidation sites excluding steroid dienone is 2. The summed E-state index contributed by atoms with van der Waals surface area (Å²) >= 11 is 1.46. The number of hydrogen-bond donors (Lipinski definition) is 0. The summed E-state index contributed by atoms with van der Waals surface area (Å²) in [5, 5.41) is 9.63. The second kappa shape index (κ2) is 11.1. The molecule has 0 aliphatic heterocycles. The summed E-state index contributed by atoms with van der Waals surface area (Å²) in [7, 11) is 0. The average Bonchev–Trinajstić information content (AvgIpc) is 3.25. The fraction of sp³-hybridized carbons (Fsp3) is 0.360. The SMILES string of the molecule is CCCN(C(=O)CSc1nnc(-c2cccnc2)n1Cc1ccccc1)C1=CCCCC1. The highest BCUT2D eigenvalue weighted by Crippen LogP contribution is 2.27. The van der Waals surface area contributed by atoms with Crippen molar-refractivity contribution in [1.29, 1.82) is 0 Å². The van der Waals surface area contributed by atoms with Crippen molar-refractivity contribution < 1.29 is 4.79 Å². The van der Waals surface area contributed by atoms with Crippen molar-refractivity contribution >= 4 is 17.7 Å². The summed E-state index contributed by atoms with van der Waals surface area (Å²) in [5.74, 6) is 1.25. The topological polar surface area (TPSA) is 63.9 Å². The molecule has 0 N–H and O–H groups in total. The maximum Gasteiger partial charge on any atom is 0.237 e. The quantitative estimate of drug-likeness (QED) is 0.423. The lowest BCUT2D eigenvalue weighted by atomic mass is 10.0. The van der Waals surface area contributed by atoms with Gasteiger partial charge >= 0.3 is 0 Å². The molecular weight excluding hydrogens is 418 g/mol. The Kier molecular flexibility index (Phi) is 7.72. The second-order valence-electron chi connectivity index (χ2n) is 7.89. The number of carbonyl (C=O) groups excluding carboxylic acids is 1. The molecule has 4 rings (SSSR count). The molecule has 7 heteroatoms. The van der Waals surface area contributed by atoms with Gasteiger partial charge in [-0.2, -0.15) is 0 Å². The van der Waals surface area contributed by atoms with Crippen LogP contribution >= 0.6 is 11.8 Å². The van der Waals surface area contributed by atoms with Crippen molar-refractivity contribution in [2.45, 2.75) is 50.7 Å². The number of hydrogen-bond acceptors (Lipinski definition) is 5. The first kappa shape index (κ1) is 22.3. The minimum atomic E-state index is 0.141. The largest absolute Gasteiger partial charge is 0.316 e. The van der Waals surface area contributed by atoms with Gasteiger partial charge in [0.25, 0.3) is 0 Å². The predicted octanol–water partition coefficient (Wildman–Crippen LogP) is 5.18. The van der Waals surface area contributed by atoms with Crippen LogP contribution in [-0.2, 0) is 11.3 Å². The summed E-state index contributed by atoms with van der Waals surface area (Å²) in [6.07, 6.45) is 11.2. The van der Waals surface area contributed by atoms with Gasteiger partial charge in [0.05, 0.1) is 12.3 Å². The third-order valence-electron chi connectivity index (χ3n) is 5.51. The van der Waals surface area contributed by atoms with Gasteiger partial charge in [0.2, 0.25) is 5.91 Å². The monoisotopic (exact) mass is 447 g/mol. The molecule has 1 aromatic carbocycles. The lowest BCUT2D eigenvalue weighted by molar-refractivity contribution is -0.126. The first-order valence-electron chi connectivity index (χ1n) is 11.3. The van der Waals surface area contributed by atoms with E-state index in [1.165, 1.54) is 23.9 Å². The molecule has 2 heterocycles. The molecule has 0 radical (unpaired) electrons. The molecule has 0 unspecified atom stereocenters. The van der Waals surface area contributed by atoms with E-state index in [9.17, 15) is 4.79 Å². The minimum absolute atomic E-state index is 0.141. The molecule has 3 aromatic rings. The zero-order chi connectivity index (χ0) is 22.2. The van der Waals surface area contributed by atoms with Gasteiger partial charge in [-0.3, -0.25) is 14.3 Å². The molecular formula is C25H29N5OS. The van der Waals surface area contributed by atoms with E-state index in [1.807, 2.05) is 35.2 Å². The molecule has 1 amide bonds. The Balaban J connectivity index is 1.55. The van der Waals surface area contributed by atoms with Gasteiger partial charge in [0.1, 0.15) is 0 Å². The van der Waals surface area contributed by atoms with Crippen LogP contribution in [0, 0.1) is 0 Å². The molecule has 1 aliphatic rings. The van der Waals surface area contributed by atoms with Crippen LogP contribution in [0.5, 0.6) is 0 Å². The van der Waals surface area contributed by atoms with Crippen LogP contribution in [0.2, 0.25) is 0 Å². The van der Waals surface area contributed by atoms with Gasteiger partial charge in [-0.15, -0.1) is 10.2 Å². The predicted molar refractivity (Wildman–Crippen MR) is 128 cm³/mol. The summed E-state index contributed by atoms with van der Waals surface area (Å²) in [6, 6.07) is 14.1. The Morgan fingerprint density at radius 1 is 1.12 bits per heavy atom. The number of aromatic nitrogens is 4. The van der Waals surface area contributed by atoms with Gasteiger partial charge in [0, 0.05) is 30.2 Å². The van der Waals surface area contributed by atoms with Gasteiger partial charge in [-0.05, 0) is 49.8 Å². The number of benzene rings is 1. The fourth-order valence-electron chi connectivity index (χ4n) is 3.94. The molecule has 0 spiro atoms. The van der Waals surface area contributed by atoms with Crippen LogP contribution in [0.4, 0.5) is 0 Å². The van der Waals surface area contributed by atoms with Crippen molar-refractivity contribution in [3.05, 3.63) is 72.2 Å². The van der Waals surface area contributed by atoms with E-state index in [2.05, 4.69) is 44.9 Å². The highest BCUT2D eigenvalue weighted by molar-refractivity contribution is 7.99. The summed E-state index contributed by atoms with van der Waals surface area (Å²) in [5.41, 5.74) is 3.25. The normalized spacial score (nSPS) is 13.6. The molecule has 0 bridgehead atoms. The lowest BCUT2D eigenvalue weighted by Crippen LogP contribution is -2.33. The van der Waals surface area contributed by atoms with E-state index in [4.69, 9.17) is 0 Å². The average molecular weight is 448 g/mol. The van der Waals surface area contributed by atoms with Crippen LogP contribution in [0.3, 0.4) is 0 Å². The van der Waals surface area contributed by atoms with Gasteiger partial charge < -0.3 is 4.90 Å². The van der Waals surface area contributed by atoms with Crippen LogP contribution in [0.1, 0.15) is 44.6 Å².